The fraction of sp³-hybridized carbons (Fsp3) is 0.320. The highest BCUT2D eigenvalue weighted by Gasteiger charge is 2.23. The molecule has 1 aliphatic heterocycles. The lowest BCUT2D eigenvalue weighted by molar-refractivity contribution is -0.129. The second kappa shape index (κ2) is 10.6. The molecule has 0 aromatic heterocycles. The minimum absolute atomic E-state index is 0.0358. The Morgan fingerprint density at radius 2 is 1.71 bits per heavy atom. The number of hydrogen-bond acceptors (Lipinski definition) is 4. The number of hydrogen-bond donors (Lipinski definition) is 1. The Morgan fingerprint density at radius 3 is 2.48 bits per heavy atom. The van der Waals surface area contributed by atoms with Gasteiger partial charge in [0.25, 0.3) is 0 Å². The number of benzene rings is 2. The summed E-state index contributed by atoms with van der Waals surface area (Å²) in [6.45, 7) is 4.20. The van der Waals surface area contributed by atoms with Crippen molar-refractivity contribution in [2.45, 2.75) is 33.2 Å². The van der Waals surface area contributed by atoms with Gasteiger partial charge in [0.1, 0.15) is 18.9 Å². The van der Waals surface area contributed by atoms with E-state index in [4.69, 9.17) is 4.74 Å². The van der Waals surface area contributed by atoms with Crippen LogP contribution in [-0.2, 0) is 25.7 Å². The molecule has 0 saturated heterocycles. The number of ether oxygens (including phenoxy) is 1. The van der Waals surface area contributed by atoms with Crippen molar-refractivity contribution >= 4 is 23.3 Å². The predicted molar refractivity (Wildman–Crippen MR) is 118 cm³/mol. The SMILES string of the molecule is CC(C)C(=O)CCOCNC(=O)CC(=O)N1Cc2ccccc2C#Cc2ccccc21. The van der Waals surface area contributed by atoms with Crippen molar-refractivity contribution in [3.63, 3.8) is 0 Å². The van der Waals surface area contributed by atoms with Crippen LogP contribution in [0.1, 0.15) is 43.4 Å². The molecular weight excluding hydrogens is 392 g/mol. The summed E-state index contributed by atoms with van der Waals surface area (Å²) < 4.78 is 5.30. The zero-order chi connectivity index (χ0) is 22.2. The van der Waals surface area contributed by atoms with Crippen LogP contribution in [0.2, 0.25) is 0 Å². The Bertz CT molecular complexity index is 1030. The van der Waals surface area contributed by atoms with Gasteiger partial charge in [-0.25, -0.2) is 0 Å². The minimum atomic E-state index is -0.431. The average molecular weight is 418 g/mol. The van der Waals surface area contributed by atoms with Gasteiger partial charge in [0.15, 0.2) is 0 Å². The van der Waals surface area contributed by atoms with Crippen molar-refractivity contribution in [3.8, 4) is 11.8 Å². The molecule has 1 N–H and O–H groups in total. The third-order valence-corrected chi connectivity index (χ3v) is 4.99. The predicted octanol–water partition coefficient (Wildman–Crippen LogP) is 3.03. The zero-order valence-corrected chi connectivity index (χ0v) is 17.8. The van der Waals surface area contributed by atoms with Gasteiger partial charge in [-0.2, -0.15) is 0 Å². The molecule has 0 aliphatic carbocycles. The molecule has 2 aromatic rings. The highest BCUT2D eigenvalue weighted by Crippen LogP contribution is 2.25. The Balaban J connectivity index is 1.62. The monoisotopic (exact) mass is 418 g/mol. The molecule has 0 fully saturated rings. The van der Waals surface area contributed by atoms with Crippen molar-refractivity contribution in [1.29, 1.82) is 0 Å². The van der Waals surface area contributed by atoms with Crippen LogP contribution in [0.25, 0.3) is 0 Å². The summed E-state index contributed by atoms with van der Waals surface area (Å²) in [5.41, 5.74) is 3.22. The molecule has 3 rings (SSSR count). The molecule has 0 radical (unpaired) electrons. The molecule has 0 atom stereocenters. The van der Waals surface area contributed by atoms with E-state index in [0.29, 0.717) is 18.7 Å². The third-order valence-electron chi connectivity index (χ3n) is 4.99. The first kappa shape index (κ1) is 22.3. The Hall–Kier alpha value is -3.43. The first-order valence-corrected chi connectivity index (χ1v) is 10.3. The first-order chi connectivity index (χ1) is 15.0. The molecular formula is C25H26N2O4. The number of carbonyl (C=O) groups is 3. The van der Waals surface area contributed by atoms with E-state index in [2.05, 4.69) is 17.2 Å². The Morgan fingerprint density at radius 1 is 1.03 bits per heavy atom. The Labute approximate surface area is 182 Å². The molecule has 6 nitrogen and oxygen atoms in total. The van der Waals surface area contributed by atoms with E-state index in [1.54, 1.807) is 4.90 Å². The van der Waals surface area contributed by atoms with Crippen molar-refractivity contribution < 1.29 is 19.1 Å². The number of nitrogens with zero attached hydrogens (tertiary/aromatic N) is 1. The second-order valence-electron chi connectivity index (χ2n) is 7.60. The number of amides is 2. The van der Waals surface area contributed by atoms with Crippen LogP contribution < -0.4 is 10.2 Å². The quantitative estimate of drug-likeness (QED) is 0.309. The van der Waals surface area contributed by atoms with E-state index in [9.17, 15) is 14.4 Å². The summed E-state index contributed by atoms with van der Waals surface area (Å²) in [4.78, 5) is 38.5. The normalized spacial score (nSPS) is 12.0. The average Bonchev–Trinajstić information content (AvgIpc) is 2.74. The lowest BCUT2D eigenvalue weighted by Crippen LogP contribution is -2.37. The molecule has 1 heterocycles. The van der Waals surface area contributed by atoms with Gasteiger partial charge in [0, 0.05) is 23.5 Å². The summed E-state index contributed by atoms with van der Waals surface area (Å²) in [6, 6.07) is 15.1. The minimum Gasteiger partial charge on any atom is -0.361 e. The molecule has 0 bridgehead atoms. The van der Waals surface area contributed by atoms with Crippen LogP contribution in [0.5, 0.6) is 0 Å². The maximum Gasteiger partial charge on any atom is 0.236 e. The molecule has 0 unspecified atom stereocenters. The molecule has 1 aliphatic rings. The van der Waals surface area contributed by atoms with Gasteiger partial charge in [0.05, 0.1) is 18.8 Å². The summed E-state index contributed by atoms with van der Waals surface area (Å²) in [7, 11) is 0. The van der Waals surface area contributed by atoms with E-state index < -0.39 is 5.91 Å². The van der Waals surface area contributed by atoms with Gasteiger partial charge in [-0.15, -0.1) is 0 Å². The van der Waals surface area contributed by atoms with Crippen LogP contribution in [0, 0.1) is 17.8 Å². The van der Waals surface area contributed by atoms with Gasteiger partial charge < -0.3 is 15.0 Å². The fourth-order valence-corrected chi connectivity index (χ4v) is 3.17. The zero-order valence-electron chi connectivity index (χ0n) is 17.8. The molecule has 2 aromatic carbocycles. The molecule has 160 valence electrons. The van der Waals surface area contributed by atoms with Crippen molar-refractivity contribution in [2.75, 3.05) is 18.2 Å². The van der Waals surface area contributed by atoms with E-state index in [1.165, 1.54) is 0 Å². The van der Waals surface area contributed by atoms with E-state index in [-0.39, 0.29) is 37.4 Å². The van der Waals surface area contributed by atoms with Gasteiger partial charge >= 0.3 is 0 Å². The molecule has 31 heavy (non-hydrogen) atoms. The van der Waals surface area contributed by atoms with Crippen LogP contribution >= 0.6 is 0 Å². The number of nitrogens with one attached hydrogen (secondary N) is 1. The smallest absolute Gasteiger partial charge is 0.236 e. The van der Waals surface area contributed by atoms with Gasteiger partial charge in [-0.3, -0.25) is 14.4 Å². The number of carbonyl (C=O) groups excluding carboxylic acids is 3. The van der Waals surface area contributed by atoms with E-state index in [1.807, 2.05) is 62.4 Å². The number of fused-ring (bicyclic) bond motifs is 2. The van der Waals surface area contributed by atoms with Gasteiger partial charge in [0.2, 0.25) is 11.8 Å². The lowest BCUT2D eigenvalue weighted by Gasteiger charge is -2.25. The topological polar surface area (TPSA) is 75.7 Å². The van der Waals surface area contributed by atoms with Crippen molar-refractivity contribution in [3.05, 3.63) is 65.2 Å². The Kier molecular flexibility index (Phi) is 7.58. The van der Waals surface area contributed by atoms with Crippen LogP contribution in [0.15, 0.2) is 48.5 Å². The lowest BCUT2D eigenvalue weighted by atomic mass is 10.0. The summed E-state index contributed by atoms with van der Waals surface area (Å²) in [5, 5.41) is 2.58. The highest BCUT2D eigenvalue weighted by atomic mass is 16.5. The molecule has 2 amide bonds. The molecule has 0 spiro atoms. The number of anilines is 1. The number of Topliss-reactive ketones (excluding diaryl/α,β-unsaturated/α-hetero) is 1. The van der Waals surface area contributed by atoms with Gasteiger partial charge in [-0.1, -0.05) is 56.0 Å². The maximum absolute atomic E-state index is 13.0. The molecule has 0 saturated carbocycles. The summed E-state index contributed by atoms with van der Waals surface area (Å²) in [6.07, 6.45) is -0.00428. The molecule has 6 heteroatoms. The fourth-order valence-electron chi connectivity index (χ4n) is 3.17. The number of rotatable bonds is 8. The van der Waals surface area contributed by atoms with Crippen molar-refractivity contribution in [1.82, 2.24) is 5.32 Å². The largest absolute Gasteiger partial charge is 0.361 e. The summed E-state index contributed by atoms with van der Waals surface area (Å²) >= 11 is 0. The van der Waals surface area contributed by atoms with Crippen LogP contribution in [0.3, 0.4) is 0 Å². The van der Waals surface area contributed by atoms with Crippen LogP contribution in [-0.4, -0.2) is 30.9 Å². The number of para-hydroxylation sites is 1. The van der Waals surface area contributed by atoms with Crippen LogP contribution in [0.4, 0.5) is 5.69 Å². The maximum atomic E-state index is 13.0. The van der Waals surface area contributed by atoms with Crippen molar-refractivity contribution in [2.24, 2.45) is 5.92 Å². The van der Waals surface area contributed by atoms with E-state index in [0.717, 1.165) is 16.7 Å². The first-order valence-electron chi connectivity index (χ1n) is 10.3. The van der Waals surface area contributed by atoms with E-state index >= 15 is 0 Å². The summed E-state index contributed by atoms with van der Waals surface area (Å²) in [5.74, 6) is 5.62. The third kappa shape index (κ3) is 6.03. The highest BCUT2D eigenvalue weighted by molar-refractivity contribution is 6.05. The second-order valence-corrected chi connectivity index (χ2v) is 7.60. The standard InChI is InChI=1S/C25H26N2O4/c1-18(2)23(28)13-14-31-17-26-24(29)15-25(30)27-16-21-9-4-3-7-19(21)11-12-20-8-5-6-10-22(20)27/h3-10,18H,13-17H2,1-2H3,(H,26,29). The van der Waals surface area contributed by atoms with Gasteiger partial charge in [-0.05, 0) is 23.8 Å². The number of ketones is 1.